The number of benzene rings is 1. The minimum atomic E-state index is -3.24. The van der Waals surface area contributed by atoms with Gasteiger partial charge in [-0.25, -0.2) is 18.4 Å². The molecule has 1 fully saturated rings. The van der Waals surface area contributed by atoms with Crippen LogP contribution in [0.1, 0.15) is 10.6 Å². The van der Waals surface area contributed by atoms with Gasteiger partial charge in [-0.05, 0) is 18.2 Å². The van der Waals surface area contributed by atoms with Crippen molar-refractivity contribution < 1.29 is 13.2 Å². The van der Waals surface area contributed by atoms with Crippen molar-refractivity contribution in [3.63, 3.8) is 0 Å². The quantitative estimate of drug-likeness (QED) is 0.654. The lowest BCUT2D eigenvalue weighted by atomic mass is 10.3. The van der Waals surface area contributed by atoms with Gasteiger partial charge in [0.1, 0.15) is 0 Å². The summed E-state index contributed by atoms with van der Waals surface area (Å²) >= 11 is 1.47. The summed E-state index contributed by atoms with van der Waals surface area (Å²) in [7, 11) is -1.43. The number of amides is 1. The summed E-state index contributed by atoms with van der Waals surface area (Å²) in [6, 6.07) is 5.00. The lowest BCUT2D eigenvalue weighted by Crippen LogP contribution is -2.49. The maximum atomic E-state index is 12.6. The summed E-state index contributed by atoms with van der Waals surface area (Å²) in [5.74, 6) is 0.376. The number of fused-ring (bicyclic) bond motifs is 1. The molecule has 1 aliphatic heterocycles. The van der Waals surface area contributed by atoms with Crippen molar-refractivity contribution in [2.24, 2.45) is 7.05 Å². The monoisotopic (exact) mass is 405 g/mol. The Labute approximate surface area is 161 Å². The molecule has 0 N–H and O–H groups in total. The Kier molecular flexibility index (Phi) is 4.39. The molecule has 1 aromatic carbocycles. The van der Waals surface area contributed by atoms with Crippen molar-refractivity contribution in [1.29, 1.82) is 0 Å². The first-order valence-corrected chi connectivity index (χ1v) is 11.2. The van der Waals surface area contributed by atoms with Crippen LogP contribution in [0.5, 0.6) is 0 Å². The van der Waals surface area contributed by atoms with Gasteiger partial charge in [-0.2, -0.15) is 0 Å². The predicted octanol–water partition coefficient (Wildman–Crippen LogP) is 1.40. The maximum Gasteiger partial charge on any atom is 0.289 e. The molecular weight excluding hydrogens is 386 g/mol. The molecule has 0 aliphatic carbocycles. The van der Waals surface area contributed by atoms with Crippen LogP contribution in [-0.2, 0) is 16.9 Å². The van der Waals surface area contributed by atoms with Crippen LogP contribution in [0.4, 0.5) is 5.13 Å². The van der Waals surface area contributed by atoms with E-state index in [-0.39, 0.29) is 5.91 Å². The van der Waals surface area contributed by atoms with Crippen LogP contribution in [0, 0.1) is 0 Å². The van der Waals surface area contributed by atoms with Crippen LogP contribution >= 0.6 is 11.3 Å². The summed E-state index contributed by atoms with van der Waals surface area (Å²) in [5, 5.41) is 0.847. The lowest BCUT2D eigenvalue weighted by molar-refractivity contribution is 0.0731. The number of aromatic nitrogens is 3. The Morgan fingerprint density at radius 1 is 1.19 bits per heavy atom. The summed E-state index contributed by atoms with van der Waals surface area (Å²) < 4.78 is 26.0. The summed E-state index contributed by atoms with van der Waals surface area (Å²) in [6.45, 7) is 2.54. The normalized spacial score (nSPS) is 15.5. The fraction of sp³-hybridized carbons (Fsp3) is 0.353. The highest BCUT2D eigenvalue weighted by Gasteiger charge is 2.26. The van der Waals surface area contributed by atoms with E-state index in [2.05, 4.69) is 14.9 Å². The number of anilines is 1. The number of aryl methyl sites for hydroxylation is 1. The van der Waals surface area contributed by atoms with Gasteiger partial charge in [0.15, 0.2) is 20.8 Å². The highest BCUT2D eigenvalue weighted by molar-refractivity contribution is 7.90. The first kappa shape index (κ1) is 17.9. The third-order valence-electron chi connectivity index (χ3n) is 4.63. The Balaban J connectivity index is 1.49. The second kappa shape index (κ2) is 6.61. The number of rotatable bonds is 3. The molecule has 0 bridgehead atoms. The second-order valence-electron chi connectivity index (χ2n) is 6.54. The van der Waals surface area contributed by atoms with E-state index in [1.165, 1.54) is 17.6 Å². The molecule has 0 spiro atoms. The zero-order chi connectivity index (χ0) is 19.2. The minimum absolute atomic E-state index is 0.0655. The van der Waals surface area contributed by atoms with Gasteiger partial charge in [-0.3, -0.25) is 4.79 Å². The third-order valence-corrected chi connectivity index (χ3v) is 6.82. The number of hydrogen-bond donors (Lipinski definition) is 0. The van der Waals surface area contributed by atoms with E-state index in [0.717, 1.165) is 15.3 Å². The molecule has 0 unspecified atom stereocenters. The third kappa shape index (κ3) is 3.42. The molecule has 10 heteroatoms. The average molecular weight is 406 g/mol. The van der Waals surface area contributed by atoms with Gasteiger partial charge < -0.3 is 14.4 Å². The summed E-state index contributed by atoms with van der Waals surface area (Å²) in [6.07, 6.45) is 4.58. The molecule has 8 nitrogen and oxygen atoms in total. The fourth-order valence-corrected chi connectivity index (χ4v) is 4.85. The molecule has 1 aliphatic rings. The van der Waals surface area contributed by atoms with E-state index < -0.39 is 9.84 Å². The van der Waals surface area contributed by atoms with Gasteiger partial charge in [0.25, 0.3) is 5.91 Å². The van der Waals surface area contributed by atoms with Crippen molar-refractivity contribution in [3.8, 4) is 0 Å². The first-order valence-electron chi connectivity index (χ1n) is 8.45. The van der Waals surface area contributed by atoms with Gasteiger partial charge in [-0.15, -0.1) is 0 Å². The SMILES string of the molecule is Cn1ccnc1C(=O)N1CCN(c2nc3ccc(S(C)(=O)=O)cc3s2)CC1. The largest absolute Gasteiger partial charge is 0.345 e. The summed E-state index contributed by atoms with van der Waals surface area (Å²) in [5.41, 5.74) is 0.786. The van der Waals surface area contributed by atoms with Crippen molar-refractivity contribution in [2.45, 2.75) is 4.90 Å². The van der Waals surface area contributed by atoms with Gasteiger partial charge in [0.05, 0.1) is 15.1 Å². The van der Waals surface area contributed by atoms with E-state index in [0.29, 0.717) is 36.9 Å². The molecule has 3 heterocycles. The number of thiazole rings is 1. The maximum absolute atomic E-state index is 12.6. The van der Waals surface area contributed by atoms with E-state index >= 15 is 0 Å². The molecule has 1 amide bonds. The molecule has 142 valence electrons. The molecule has 3 aromatic rings. The minimum Gasteiger partial charge on any atom is -0.345 e. The first-order chi connectivity index (χ1) is 12.8. The molecule has 0 saturated carbocycles. The number of piperazine rings is 1. The molecule has 0 radical (unpaired) electrons. The Bertz CT molecular complexity index is 1110. The van der Waals surface area contributed by atoms with Gasteiger partial charge >= 0.3 is 0 Å². The Morgan fingerprint density at radius 2 is 1.93 bits per heavy atom. The van der Waals surface area contributed by atoms with Crippen molar-refractivity contribution >= 4 is 42.4 Å². The molecular formula is C17H19N5O3S2. The van der Waals surface area contributed by atoms with Crippen molar-refractivity contribution in [2.75, 3.05) is 37.3 Å². The molecule has 2 aromatic heterocycles. The van der Waals surface area contributed by atoms with E-state index in [9.17, 15) is 13.2 Å². The standard InChI is InChI=1S/C17H19N5O3S2/c1-20-6-5-18-15(20)16(23)21-7-9-22(10-8-21)17-19-13-4-3-12(27(2,24)25)11-14(13)26-17/h3-6,11H,7-10H2,1-2H3. The smallest absolute Gasteiger partial charge is 0.289 e. The van der Waals surface area contributed by atoms with Crippen LogP contribution in [-0.4, -0.2) is 66.2 Å². The number of carbonyl (C=O) groups is 1. The summed E-state index contributed by atoms with van der Waals surface area (Å²) in [4.78, 5) is 25.5. The van der Waals surface area contributed by atoms with Crippen LogP contribution in [0.2, 0.25) is 0 Å². The predicted molar refractivity (Wildman–Crippen MR) is 104 cm³/mol. The number of hydrogen-bond acceptors (Lipinski definition) is 7. The van der Waals surface area contributed by atoms with E-state index in [1.54, 1.807) is 40.1 Å². The van der Waals surface area contributed by atoms with Crippen molar-refractivity contribution in [1.82, 2.24) is 19.4 Å². The highest BCUT2D eigenvalue weighted by atomic mass is 32.2. The fourth-order valence-electron chi connectivity index (χ4n) is 3.07. The van der Waals surface area contributed by atoms with Gasteiger partial charge in [0, 0.05) is 51.9 Å². The van der Waals surface area contributed by atoms with E-state index in [4.69, 9.17) is 0 Å². The van der Waals surface area contributed by atoms with Crippen LogP contribution in [0.15, 0.2) is 35.5 Å². The zero-order valence-corrected chi connectivity index (χ0v) is 16.6. The molecule has 27 heavy (non-hydrogen) atoms. The number of nitrogens with zero attached hydrogens (tertiary/aromatic N) is 5. The van der Waals surface area contributed by atoms with Crippen LogP contribution in [0.25, 0.3) is 10.2 Å². The Morgan fingerprint density at radius 3 is 2.56 bits per heavy atom. The number of imidazole rings is 1. The average Bonchev–Trinajstić information content (AvgIpc) is 3.25. The lowest BCUT2D eigenvalue weighted by Gasteiger charge is -2.34. The van der Waals surface area contributed by atoms with Crippen molar-refractivity contribution in [3.05, 3.63) is 36.4 Å². The van der Waals surface area contributed by atoms with Crippen LogP contribution in [0.3, 0.4) is 0 Å². The molecule has 1 saturated heterocycles. The molecule has 0 atom stereocenters. The van der Waals surface area contributed by atoms with Crippen LogP contribution < -0.4 is 4.90 Å². The highest BCUT2D eigenvalue weighted by Crippen LogP contribution is 2.31. The van der Waals surface area contributed by atoms with Gasteiger partial charge in [0.2, 0.25) is 0 Å². The van der Waals surface area contributed by atoms with E-state index in [1.807, 2.05) is 7.05 Å². The second-order valence-corrected chi connectivity index (χ2v) is 9.56. The topological polar surface area (TPSA) is 88.4 Å². The molecule has 4 rings (SSSR count). The Hall–Kier alpha value is -2.46. The number of carbonyl (C=O) groups excluding carboxylic acids is 1. The zero-order valence-electron chi connectivity index (χ0n) is 15.0. The number of sulfone groups is 1. The van der Waals surface area contributed by atoms with Gasteiger partial charge in [-0.1, -0.05) is 11.3 Å².